The normalized spacial score (nSPS) is 19.6. The monoisotopic (exact) mass is 244 g/mol. The molecule has 1 saturated heterocycles. The van der Waals surface area contributed by atoms with Crippen LogP contribution in [0.2, 0.25) is 0 Å². The number of aliphatic hydroxyl groups excluding tert-OH is 1. The summed E-state index contributed by atoms with van der Waals surface area (Å²) in [7, 11) is 0. The lowest BCUT2D eigenvalue weighted by Gasteiger charge is -2.28. The number of hydrogen-bond donors (Lipinski definition) is 1. The van der Waals surface area contributed by atoms with E-state index in [0.29, 0.717) is 18.3 Å². The largest absolute Gasteiger partial charge is 0.467 e. The molecule has 1 atom stereocenters. The van der Waals surface area contributed by atoms with Gasteiger partial charge in [0.25, 0.3) is 5.19 Å². The molecule has 1 N–H and O–H groups in total. The molecule has 5 nitrogen and oxygen atoms in total. The highest BCUT2D eigenvalue weighted by molar-refractivity contribution is 7.11. The molecular weight excluding hydrogens is 228 g/mol. The first-order valence-corrected chi connectivity index (χ1v) is 6.23. The molecule has 0 aromatic carbocycles. The highest BCUT2D eigenvalue weighted by Gasteiger charge is 2.15. The Kier molecular flexibility index (Phi) is 4.53. The summed E-state index contributed by atoms with van der Waals surface area (Å²) >= 11 is 1.43. The van der Waals surface area contributed by atoms with Gasteiger partial charge in [-0.15, -0.1) is 0 Å². The number of rotatable bonds is 5. The second-order valence-electron chi connectivity index (χ2n) is 3.68. The van der Waals surface area contributed by atoms with Crippen LogP contribution in [0.25, 0.3) is 0 Å². The molecule has 0 amide bonds. The van der Waals surface area contributed by atoms with Crippen LogP contribution in [0, 0.1) is 0 Å². The fourth-order valence-electron chi connectivity index (χ4n) is 1.58. The lowest BCUT2D eigenvalue weighted by molar-refractivity contribution is 0.00463. The maximum absolute atomic E-state index is 9.77. The quantitative estimate of drug-likeness (QED) is 0.802. The highest BCUT2D eigenvalue weighted by atomic mass is 32.1. The van der Waals surface area contributed by atoms with Crippen molar-refractivity contribution in [2.75, 3.05) is 39.5 Å². The summed E-state index contributed by atoms with van der Waals surface area (Å²) < 4.78 is 10.6. The molecule has 0 spiro atoms. The van der Waals surface area contributed by atoms with Crippen molar-refractivity contribution >= 4 is 11.3 Å². The minimum Gasteiger partial charge on any atom is -0.467 e. The van der Waals surface area contributed by atoms with Gasteiger partial charge < -0.3 is 14.6 Å². The molecular formula is C10H16N2O3S. The summed E-state index contributed by atoms with van der Waals surface area (Å²) in [6.07, 6.45) is 1.22. The predicted octanol–water partition coefficient (Wildman–Crippen LogP) is 0.215. The number of β-amino-alcohol motifs (C(OH)–C–C–N with tert-alkyl or cyclic N) is 1. The van der Waals surface area contributed by atoms with Gasteiger partial charge in [0, 0.05) is 31.2 Å². The maximum atomic E-state index is 9.77. The number of aromatic nitrogens is 1. The third kappa shape index (κ3) is 3.71. The Morgan fingerprint density at radius 3 is 3.06 bits per heavy atom. The van der Waals surface area contributed by atoms with Gasteiger partial charge in [0.1, 0.15) is 12.7 Å². The summed E-state index contributed by atoms with van der Waals surface area (Å²) in [5, 5.41) is 12.2. The number of thiazole rings is 1. The van der Waals surface area contributed by atoms with Crippen LogP contribution in [0.15, 0.2) is 11.6 Å². The SMILES string of the molecule is OC(COc1nccs1)CN1CCOCC1. The second-order valence-corrected chi connectivity index (χ2v) is 4.53. The fraction of sp³-hybridized carbons (Fsp3) is 0.700. The third-order valence-electron chi connectivity index (χ3n) is 2.38. The Morgan fingerprint density at radius 2 is 2.38 bits per heavy atom. The van der Waals surface area contributed by atoms with E-state index >= 15 is 0 Å². The van der Waals surface area contributed by atoms with E-state index in [2.05, 4.69) is 9.88 Å². The van der Waals surface area contributed by atoms with Crippen molar-refractivity contribution in [1.82, 2.24) is 9.88 Å². The number of morpholine rings is 1. The van der Waals surface area contributed by atoms with Crippen LogP contribution in [0.3, 0.4) is 0 Å². The summed E-state index contributed by atoms with van der Waals surface area (Å²) in [6, 6.07) is 0. The van der Waals surface area contributed by atoms with Crippen molar-refractivity contribution in [3.63, 3.8) is 0 Å². The van der Waals surface area contributed by atoms with E-state index in [-0.39, 0.29) is 0 Å². The minimum atomic E-state index is -0.470. The number of nitrogens with zero attached hydrogens (tertiary/aromatic N) is 2. The van der Waals surface area contributed by atoms with Gasteiger partial charge >= 0.3 is 0 Å². The molecule has 1 aromatic heterocycles. The lowest BCUT2D eigenvalue weighted by atomic mass is 10.3. The van der Waals surface area contributed by atoms with Crippen molar-refractivity contribution in [2.24, 2.45) is 0 Å². The van der Waals surface area contributed by atoms with Crippen LogP contribution < -0.4 is 4.74 Å². The van der Waals surface area contributed by atoms with Crippen LogP contribution in [0.4, 0.5) is 0 Å². The summed E-state index contributed by atoms with van der Waals surface area (Å²) in [4.78, 5) is 6.17. The number of hydrogen-bond acceptors (Lipinski definition) is 6. The molecule has 2 rings (SSSR count). The van der Waals surface area contributed by atoms with Gasteiger partial charge in [-0.25, -0.2) is 4.98 Å². The molecule has 0 bridgehead atoms. The first-order valence-electron chi connectivity index (χ1n) is 5.35. The Bertz CT molecular complexity index is 288. The van der Waals surface area contributed by atoms with E-state index in [1.165, 1.54) is 11.3 Å². The molecule has 16 heavy (non-hydrogen) atoms. The molecule has 0 radical (unpaired) electrons. The van der Waals surface area contributed by atoms with Gasteiger partial charge in [-0.05, 0) is 0 Å². The lowest BCUT2D eigenvalue weighted by Crippen LogP contribution is -2.42. The van der Waals surface area contributed by atoms with Gasteiger partial charge in [-0.3, -0.25) is 4.90 Å². The zero-order valence-electron chi connectivity index (χ0n) is 9.04. The molecule has 1 aliphatic rings. The van der Waals surface area contributed by atoms with Crippen LogP contribution >= 0.6 is 11.3 Å². The van der Waals surface area contributed by atoms with Crippen LogP contribution in [0.1, 0.15) is 0 Å². The maximum Gasteiger partial charge on any atom is 0.273 e. The molecule has 1 unspecified atom stereocenters. The number of aliphatic hydroxyl groups is 1. The van der Waals surface area contributed by atoms with Crippen molar-refractivity contribution in [1.29, 1.82) is 0 Å². The zero-order valence-corrected chi connectivity index (χ0v) is 9.86. The Labute approximate surface area is 98.6 Å². The van der Waals surface area contributed by atoms with Gasteiger partial charge in [0.2, 0.25) is 0 Å². The standard InChI is InChI=1S/C10H16N2O3S/c13-9(7-12-2-4-14-5-3-12)8-15-10-11-1-6-16-10/h1,6,9,13H,2-5,7-8H2. The van der Waals surface area contributed by atoms with Crippen LogP contribution in [0.5, 0.6) is 5.19 Å². The topological polar surface area (TPSA) is 54.8 Å². The average molecular weight is 244 g/mol. The van der Waals surface area contributed by atoms with E-state index < -0.39 is 6.10 Å². The van der Waals surface area contributed by atoms with E-state index in [1.807, 2.05) is 5.38 Å². The summed E-state index contributed by atoms with van der Waals surface area (Å²) in [5.74, 6) is 0. The first-order chi connectivity index (χ1) is 7.84. The van der Waals surface area contributed by atoms with Crippen LogP contribution in [-0.2, 0) is 4.74 Å². The van der Waals surface area contributed by atoms with E-state index in [4.69, 9.17) is 9.47 Å². The third-order valence-corrected chi connectivity index (χ3v) is 3.06. The predicted molar refractivity (Wildman–Crippen MR) is 60.9 cm³/mol. The molecule has 0 saturated carbocycles. The van der Waals surface area contributed by atoms with Crippen molar-refractivity contribution in [2.45, 2.75) is 6.10 Å². The molecule has 1 fully saturated rings. The molecule has 6 heteroatoms. The fourth-order valence-corrected chi connectivity index (χ4v) is 2.08. The smallest absolute Gasteiger partial charge is 0.273 e. The Morgan fingerprint density at radius 1 is 1.56 bits per heavy atom. The minimum absolute atomic E-state index is 0.296. The van der Waals surface area contributed by atoms with Gasteiger partial charge in [-0.2, -0.15) is 0 Å². The van der Waals surface area contributed by atoms with Crippen molar-refractivity contribution in [3.8, 4) is 5.19 Å². The van der Waals surface area contributed by atoms with Crippen LogP contribution in [-0.4, -0.2) is 60.5 Å². The molecule has 2 heterocycles. The second kappa shape index (κ2) is 6.15. The number of ether oxygens (including phenoxy) is 2. The van der Waals surface area contributed by atoms with E-state index in [0.717, 1.165) is 26.3 Å². The molecule has 90 valence electrons. The molecule has 1 aromatic rings. The highest BCUT2D eigenvalue weighted by Crippen LogP contribution is 2.13. The Balaban J connectivity index is 1.65. The van der Waals surface area contributed by atoms with Crippen molar-refractivity contribution < 1.29 is 14.6 Å². The molecule has 0 aliphatic carbocycles. The van der Waals surface area contributed by atoms with Gasteiger partial charge in [0.05, 0.1) is 13.2 Å². The average Bonchev–Trinajstić information content (AvgIpc) is 2.81. The van der Waals surface area contributed by atoms with Gasteiger partial charge in [-0.1, -0.05) is 11.3 Å². The summed E-state index contributed by atoms with van der Waals surface area (Å²) in [5.41, 5.74) is 0. The van der Waals surface area contributed by atoms with E-state index in [9.17, 15) is 5.11 Å². The first kappa shape index (κ1) is 11.8. The summed E-state index contributed by atoms with van der Waals surface area (Å²) in [6.45, 7) is 4.20. The zero-order chi connectivity index (χ0) is 11.2. The van der Waals surface area contributed by atoms with E-state index in [1.54, 1.807) is 6.20 Å². The molecule has 1 aliphatic heterocycles. The Hall–Kier alpha value is -0.690. The van der Waals surface area contributed by atoms with Gasteiger partial charge in [0.15, 0.2) is 0 Å². The van der Waals surface area contributed by atoms with Crippen molar-refractivity contribution in [3.05, 3.63) is 11.6 Å².